The third-order valence-electron chi connectivity index (χ3n) is 5.69. The Balaban J connectivity index is 1.79. The van der Waals surface area contributed by atoms with Gasteiger partial charge in [-0.05, 0) is 30.5 Å². The number of hydrogen-bond donors (Lipinski definition) is 1. The Bertz CT molecular complexity index is 727. The number of carbonyl (C=O) groups is 2. The predicted molar refractivity (Wildman–Crippen MR) is 109 cm³/mol. The fourth-order valence-corrected chi connectivity index (χ4v) is 5.29. The zero-order chi connectivity index (χ0) is 20.5. The molecule has 154 valence electrons. The van der Waals surface area contributed by atoms with E-state index in [0.29, 0.717) is 31.0 Å². The second kappa shape index (κ2) is 8.61. The number of piperidine rings is 1. The van der Waals surface area contributed by atoms with E-state index in [1.807, 2.05) is 19.2 Å². The van der Waals surface area contributed by atoms with Crippen LogP contribution in [0.15, 0.2) is 24.3 Å². The summed E-state index contributed by atoms with van der Waals surface area (Å²) in [5, 5.41) is 10.1. The first-order chi connectivity index (χ1) is 13.2. The van der Waals surface area contributed by atoms with Gasteiger partial charge in [-0.3, -0.25) is 9.59 Å². The van der Waals surface area contributed by atoms with E-state index >= 15 is 0 Å². The van der Waals surface area contributed by atoms with Crippen LogP contribution in [0.3, 0.4) is 0 Å². The molecule has 3 atom stereocenters. The van der Waals surface area contributed by atoms with Gasteiger partial charge in [-0.15, -0.1) is 4.31 Å². The molecule has 28 heavy (non-hydrogen) atoms. The van der Waals surface area contributed by atoms with Crippen LogP contribution < -0.4 is 0 Å². The first-order valence-electron chi connectivity index (χ1n) is 9.61. The van der Waals surface area contributed by atoms with Crippen molar-refractivity contribution in [2.45, 2.75) is 50.3 Å². The first kappa shape index (κ1) is 21.4. The van der Waals surface area contributed by atoms with Gasteiger partial charge in [0.1, 0.15) is 5.25 Å². The van der Waals surface area contributed by atoms with Crippen molar-refractivity contribution in [2.24, 2.45) is 5.41 Å². The Morgan fingerprint density at radius 1 is 1.36 bits per heavy atom. The molecule has 0 radical (unpaired) electrons. The average molecular weight is 427 g/mol. The number of hydrogen-bond acceptors (Lipinski definition) is 4. The summed E-state index contributed by atoms with van der Waals surface area (Å²) in [6.45, 7) is 2.64. The molecule has 0 spiro atoms. The third-order valence-corrected chi connectivity index (χ3v) is 7.78. The maximum absolute atomic E-state index is 13.3. The van der Waals surface area contributed by atoms with E-state index in [1.54, 1.807) is 28.3 Å². The Morgan fingerprint density at radius 2 is 2.00 bits per heavy atom. The molecule has 1 aromatic carbocycles. The van der Waals surface area contributed by atoms with Crippen LogP contribution in [0.1, 0.15) is 50.6 Å². The number of carboxylic acid groups (broad SMARTS) is 1. The summed E-state index contributed by atoms with van der Waals surface area (Å²) >= 11 is 4.98. The molecule has 1 aliphatic carbocycles. The number of likely N-dealkylation sites (tertiary alicyclic amines) is 1. The molecule has 0 bridgehead atoms. The summed E-state index contributed by atoms with van der Waals surface area (Å²) in [6, 6.07) is 7.31. The van der Waals surface area contributed by atoms with E-state index in [-0.39, 0.29) is 23.6 Å². The van der Waals surface area contributed by atoms with E-state index in [9.17, 15) is 19.2 Å². The van der Waals surface area contributed by atoms with Crippen LogP contribution in [0.25, 0.3) is 0 Å². The molecule has 6 nitrogen and oxygen atoms in total. The zero-order valence-electron chi connectivity index (χ0n) is 16.3. The van der Waals surface area contributed by atoms with E-state index in [1.165, 1.54) is 0 Å². The van der Waals surface area contributed by atoms with Crippen LogP contribution in [0, 0.1) is 5.41 Å². The molecule has 1 aromatic rings. The minimum Gasteiger partial charge on any atom is -0.598 e. The molecule has 1 aliphatic heterocycles. The van der Waals surface area contributed by atoms with Gasteiger partial charge >= 0.3 is 5.97 Å². The smallest absolute Gasteiger partial charge is 0.304 e. The summed E-state index contributed by atoms with van der Waals surface area (Å²) in [4.78, 5) is 26.4. The summed E-state index contributed by atoms with van der Waals surface area (Å²) in [5.74, 6) is -1.11. The van der Waals surface area contributed by atoms with Crippen molar-refractivity contribution >= 4 is 34.8 Å². The van der Waals surface area contributed by atoms with Gasteiger partial charge in [0, 0.05) is 42.8 Å². The van der Waals surface area contributed by atoms with Crippen molar-refractivity contribution in [3.05, 3.63) is 34.9 Å². The molecule has 1 amide bonds. The van der Waals surface area contributed by atoms with Gasteiger partial charge in [-0.1, -0.05) is 30.7 Å². The lowest BCUT2D eigenvalue weighted by Crippen LogP contribution is -2.51. The molecule has 1 N–H and O–H groups in total. The molecule has 1 saturated heterocycles. The Morgan fingerprint density at radius 3 is 2.57 bits per heavy atom. The van der Waals surface area contributed by atoms with Gasteiger partial charge in [0.2, 0.25) is 5.91 Å². The van der Waals surface area contributed by atoms with Crippen LogP contribution in [-0.2, 0) is 21.0 Å². The minimum atomic E-state index is -1.02. The van der Waals surface area contributed by atoms with Crippen LogP contribution in [-0.4, -0.2) is 56.1 Å². The Labute approximate surface area is 174 Å². The number of carboxylic acids is 1. The third kappa shape index (κ3) is 4.82. The SMILES string of the molecule is CN(CCN1C(=O)[C@@](C)(CC(=O)O)CC[C@H]1c1ccc(Cl)cc1)[S+]([O-])C1CC1. The lowest BCUT2D eigenvalue weighted by atomic mass is 9.75. The van der Waals surface area contributed by atoms with E-state index < -0.39 is 22.7 Å². The van der Waals surface area contributed by atoms with Gasteiger partial charge in [-0.2, -0.15) is 0 Å². The molecule has 0 aromatic heterocycles. The van der Waals surface area contributed by atoms with E-state index in [4.69, 9.17) is 11.6 Å². The number of rotatable bonds is 8. The summed E-state index contributed by atoms with van der Waals surface area (Å²) in [5.41, 5.74) is 0.0734. The average Bonchev–Trinajstić information content (AvgIpc) is 3.47. The lowest BCUT2D eigenvalue weighted by molar-refractivity contribution is -0.156. The monoisotopic (exact) mass is 426 g/mol. The molecular formula is C20H27ClN2O4S. The normalized spacial score (nSPS) is 26.5. The van der Waals surface area contributed by atoms with Crippen LogP contribution in [0.2, 0.25) is 5.02 Å². The largest absolute Gasteiger partial charge is 0.598 e. The topological polar surface area (TPSA) is 83.9 Å². The molecule has 2 aliphatic rings. The molecule has 2 fully saturated rings. The fraction of sp³-hybridized carbons (Fsp3) is 0.600. The van der Waals surface area contributed by atoms with Crippen molar-refractivity contribution in [3.63, 3.8) is 0 Å². The van der Waals surface area contributed by atoms with Crippen LogP contribution in [0.4, 0.5) is 0 Å². The number of amides is 1. The van der Waals surface area contributed by atoms with Gasteiger partial charge in [-0.25, -0.2) is 0 Å². The van der Waals surface area contributed by atoms with Crippen molar-refractivity contribution in [2.75, 3.05) is 20.1 Å². The van der Waals surface area contributed by atoms with Crippen molar-refractivity contribution in [1.82, 2.24) is 9.21 Å². The minimum absolute atomic E-state index is 0.130. The maximum Gasteiger partial charge on any atom is 0.304 e. The molecule has 3 rings (SSSR count). The quantitative estimate of drug-likeness (QED) is 0.645. The second-order valence-corrected chi connectivity index (χ2v) is 10.3. The van der Waals surface area contributed by atoms with Crippen LogP contribution >= 0.6 is 11.6 Å². The van der Waals surface area contributed by atoms with E-state index in [2.05, 4.69) is 0 Å². The highest BCUT2D eigenvalue weighted by Gasteiger charge is 2.46. The highest BCUT2D eigenvalue weighted by atomic mass is 35.5. The van der Waals surface area contributed by atoms with Crippen LogP contribution in [0.5, 0.6) is 0 Å². The van der Waals surface area contributed by atoms with Gasteiger partial charge in [0.15, 0.2) is 0 Å². The summed E-state index contributed by atoms with van der Waals surface area (Å²) in [6.07, 6.45) is 3.01. The number of halogens is 1. The molecule has 1 heterocycles. The number of carbonyl (C=O) groups excluding carboxylic acids is 1. The Kier molecular flexibility index (Phi) is 6.59. The lowest BCUT2D eigenvalue weighted by Gasteiger charge is -2.44. The van der Waals surface area contributed by atoms with Gasteiger partial charge in [0.05, 0.1) is 24.4 Å². The number of likely N-dealkylation sites (N-methyl/N-ethyl adjacent to an activating group) is 1. The van der Waals surface area contributed by atoms with Gasteiger partial charge < -0.3 is 14.6 Å². The first-order valence-corrected chi connectivity index (χ1v) is 11.2. The van der Waals surface area contributed by atoms with E-state index in [0.717, 1.165) is 18.4 Å². The molecular weight excluding hydrogens is 400 g/mol. The van der Waals surface area contributed by atoms with Gasteiger partial charge in [0.25, 0.3) is 0 Å². The summed E-state index contributed by atoms with van der Waals surface area (Å²) in [7, 11) is 1.82. The zero-order valence-corrected chi connectivity index (χ0v) is 17.8. The predicted octanol–water partition coefficient (Wildman–Crippen LogP) is 3.24. The van der Waals surface area contributed by atoms with Crippen molar-refractivity contribution in [1.29, 1.82) is 0 Å². The highest BCUT2D eigenvalue weighted by molar-refractivity contribution is 7.90. The standard InChI is InChI=1S/C20H27ClN2O4S/c1-20(13-18(24)25)10-9-17(14-3-5-15(21)6-4-14)23(19(20)26)12-11-22(2)28(27)16-7-8-16/h3-6,16-17H,7-13H2,1-2H3,(H,24,25)/t17-,20+,28?/m0/s1. The van der Waals surface area contributed by atoms with Crippen molar-refractivity contribution in [3.8, 4) is 0 Å². The number of aliphatic carboxylic acids is 1. The number of benzene rings is 1. The van der Waals surface area contributed by atoms with Crippen molar-refractivity contribution < 1.29 is 19.2 Å². The maximum atomic E-state index is 13.3. The number of nitrogens with zero attached hydrogens (tertiary/aromatic N) is 2. The Hall–Kier alpha value is -1.28. The summed E-state index contributed by atoms with van der Waals surface area (Å²) < 4.78 is 14.2. The second-order valence-electron chi connectivity index (χ2n) is 8.06. The molecule has 8 heteroatoms. The molecule has 1 saturated carbocycles. The molecule has 1 unspecified atom stereocenters. The highest BCUT2D eigenvalue weighted by Crippen LogP contribution is 2.43. The fourth-order valence-electron chi connectivity index (χ4n) is 3.86.